The van der Waals surface area contributed by atoms with E-state index in [0.29, 0.717) is 13.2 Å². The number of nitrogens with one attached hydrogen (secondary N) is 1. The minimum absolute atomic E-state index is 0.0773. The van der Waals surface area contributed by atoms with E-state index in [-0.39, 0.29) is 6.04 Å². The molecule has 3 rings (SSSR count). The van der Waals surface area contributed by atoms with Crippen LogP contribution in [0.2, 0.25) is 0 Å². The predicted molar refractivity (Wildman–Crippen MR) is 102 cm³/mol. The Kier molecular flexibility index (Phi) is 5.89. The highest BCUT2D eigenvalue weighted by Gasteiger charge is 2.25. The van der Waals surface area contributed by atoms with E-state index in [2.05, 4.69) is 23.5 Å². The summed E-state index contributed by atoms with van der Waals surface area (Å²) >= 11 is 0. The second-order valence-corrected chi connectivity index (χ2v) is 6.12. The number of methoxy groups -OCH3 is 2. The molecule has 0 amide bonds. The molecule has 0 saturated carbocycles. The smallest absolute Gasteiger partial charge is 0.161 e. The van der Waals surface area contributed by atoms with E-state index in [1.165, 1.54) is 11.1 Å². The second kappa shape index (κ2) is 8.32. The SMILES string of the molecule is CCOc1cc2c(cc1OCC)[C@@H](c1ccc(OC)c(OC)c1)NCC2. The third-order valence-corrected chi connectivity index (χ3v) is 4.60. The Labute approximate surface area is 155 Å². The average Bonchev–Trinajstić information content (AvgIpc) is 2.68. The number of hydrogen-bond acceptors (Lipinski definition) is 5. The van der Waals surface area contributed by atoms with Gasteiger partial charge in [-0.2, -0.15) is 0 Å². The van der Waals surface area contributed by atoms with Crippen LogP contribution in [0.3, 0.4) is 0 Å². The van der Waals surface area contributed by atoms with E-state index < -0.39 is 0 Å². The summed E-state index contributed by atoms with van der Waals surface area (Å²) in [5.74, 6) is 3.08. The van der Waals surface area contributed by atoms with Crippen LogP contribution in [0.25, 0.3) is 0 Å². The van der Waals surface area contributed by atoms with Crippen molar-refractivity contribution in [2.45, 2.75) is 26.3 Å². The van der Waals surface area contributed by atoms with E-state index in [9.17, 15) is 0 Å². The molecule has 0 saturated heterocycles. The molecule has 2 aromatic carbocycles. The van der Waals surface area contributed by atoms with Crippen LogP contribution in [0.5, 0.6) is 23.0 Å². The molecule has 5 heteroatoms. The molecule has 1 heterocycles. The van der Waals surface area contributed by atoms with Crippen LogP contribution in [0, 0.1) is 0 Å². The lowest BCUT2D eigenvalue weighted by molar-refractivity contribution is 0.286. The van der Waals surface area contributed by atoms with Crippen molar-refractivity contribution in [1.82, 2.24) is 5.32 Å². The van der Waals surface area contributed by atoms with E-state index in [0.717, 1.165) is 41.5 Å². The Hall–Kier alpha value is -2.40. The first-order chi connectivity index (χ1) is 12.7. The van der Waals surface area contributed by atoms with Crippen LogP contribution in [0.15, 0.2) is 30.3 Å². The molecular formula is C21H27NO4. The maximum atomic E-state index is 5.82. The monoisotopic (exact) mass is 357 g/mol. The Bertz CT molecular complexity index is 760. The summed E-state index contributed by atoms with van der Waals surface area (Å²) in [5, 5.41) is 3.61. The van der Waals surface area contributed by atoms with Crippen LogP contribution in [-0.2, 0) is 6.42 Å². The third-order valence-electron chi connectivity index (χ3n) is 4.60. The van der Waals surface area contributed by atoms with E-state index >= 15 is 0 Å². The number of hydrogen-bond donors (Lipinski definition) is 1. The highest BCUT2D eigenvalue weighted by molar-refractivity contribution is 5.53. The fraction of sp³-hybridized carbons (Fsp3) is 0.429. The Morgan fingerprint density at radius 1 is 0.885 bits per heavy atom. The first-order valence-electron chi connectivity index (χ1n) is 9.09. The van der Waals surface area contributed by atoms with Crippen molar-refractivity contribution in [3.05, 3.63) is 47.0 Å². The first kappa shape index (κ1) is 18.4. The number of fused-ring (bicyclic) bond motifs is 1. The van der Waals surface area contributed by atoms with Crippen molar-refractivity contribution < 1.29 is 18.9 Å². The Morgan fingerprint density at radius 2 is 1.58 bits per heavy atom. The maximum absolute atomic E-state index is 5.82. The van der Waals surface area contributed by atoms with Crippen LogP contribution in [0.4, 0.5) is 0 Å². The molecule has 5 nitrogen and oxygen atoms in total. The predicted octanol–water partition coefficient (Wildman–Crippen LogP) is 3.74. The van der Waals surface area contributed by atoms with Gasteiger partial charge in [0.2, 0.25) is 0 Å². The summed E-state index contributed by atoms with van der Waals surface area (Å²) in [4.78, 5) is 0. The topological polar surface area (TPSA) is 49.0 Å². The molecule has 0 bridgehead atoms. The molecule has 1 aliphatic rings. The number of rotatable bonds is 7. The van der Waals surface area contributed by atoms with Gasteiger partial charge in [0, 0.05) is 6.54 Å². The normalized spacial score (nSPS) is 15.9. The molecule has 0 radical (unpaired) electrons. The molecule has 0 unspecified atom stereocenters. The summed E-state index contributed by atoms with van der Waals surface area (Å²) in [5.41, 5.74) is 3.64. The Balaban J connectivity index is 2.04. The molecular weight excluding hydrogens is 330 g/mol. The quantitative estimate of drug-likeness (QED) is 0.818. The van der Waals surface area contributed by atoms with Crippen molar-refractivity contribution >= 4 is 0 Å². The molecule has 0 aliphatic carbocycles. The highest BCUT2D eigenvalue weighted by Crippen LogP contribution is 2.39. The average molecular weight is 357 g/mol. The van der Waals surface area contributed by atoms with E-state index in [4.69, 9.17) is 18.9 Å². The van der Waals surface area contributed by atoms with Crippen molar-refractivity contribution in [2.75, 3.05) is 34.0 Å². The van der Waals surface area contributed by atoms with Gasteiger partial charge in [0.05, 0.1) is 33.5 Å². The van der Waals surface area contributed by atoms with Crippen LogP contribution in [-0.4, -0.2) is 34.0 Å². The first-order valence-corrected chi connectivity index (χ1v) is 9.09. The second-order valence-electron chi connectivity index (χ2n) is 6.12. The summed E-state index contributed by atoms with van der Waals surface area (Å²) in [6.07, 6.45) is 0.964. The van der Waals surface area contributed by atoms with Gasteiger partial charge in [0.15, 0.2) is 23.0 Å². The van der Waals surface area contributed by atoms with E-state index in [1.54, 1.807) is 14.2 Å². The lowest BCUT2D eigenvalue weighted by atomic mass is 9.89. The van der Waals surface area contributed by atoms with Gasteiger partial charge in [-0.05, 0) is 61.2 Å². The lowest BCUT2D eigenvalue weighted by Gasteiger charge is -2.29. The van der Waals surface area contributed by atoms with Crippen molar-refractivity contribution in [2.24, 2.45) is 0 Å². The van der Waals surface area contributed by atoms with Gasteiger partial charge < -0.3 is 24.3 Å². The maximum Gasteiger partial charge on any atom is 0.161 e. The zero-order chi connectivity index (χ0) is 18.5. The molecule has 1 atom stereocenters. The number of ether oxygens (including phenoxy) is 4. The summed E-state index contributed by atoms with van der Waals surface area (Å²) in [6, 6.07) is 10.4. The molecule has 0 spiro atoms. The summed E-state index contributed by atoms with van der Waals surface area (Å²) < 4.78 is 22.4. The highest BCUT2D eigenvalue weighted by atomic mass is 16.5. The lowest BCUT2D eigenvalue weighted by Crippen LogP contribution is -2.30. The molecule has 0 fully saturated rings. The van der Waals surface area contributed by atoms with E-state index in [1.807, 2.05) is 26.0 Å². The third kappa shape index (κ3) is 3.58. The van der Waals surface area contributed by atoms with Gasteiger partial charge in [-0.3, -0.25) is 0 Å². The minimum Gasteiger partial charge on any atom is -0.493 e. The van der Waals surface area contributed by atoms with Crippen LogP contribution >= 0.6 is 0 Å². The van der Waals surface area contributed by atoms with Gasteiger partial charge in [-0.15, -0.1) is 0 Å². The molecule has 26 heavy (non-hydrogen) atoms. The molecule has 1 N–H and O–H groups in total. The number of benzene rings is 2. The standard InChI is InChI=1S/C21H27NO4/c1-5-25-19-11-14-9-10-22-21(16(14)13-20(19)26-6-2)15-7-8-17(23-3)18(12-15)24-4/h7-8,11-13,21-22H,5-6,9-10H2,1-4H3/t21-/m1/s1. The molecule has 0 aromatic heterocycles. The summed E-state index contributed by atoms with van der Waals surface area (Å²) in [7, 11) is 3.31. The van der Waals surface area contributed by atoms with Gasteiger partial charge >= 0.3 is 0 Å². The fourth-order valence-electron chi connectivity index (χ4n) is 3.43. The zero-order valence-electron chi connectivity index (χ0n) is 15.9. The zero-order valence-corrected chi connectivity index (χ0v) is 15.9. The van der Waals surface area contributed by atoms with Gasteiger partial charge in [-0.25, -0.2) is 0 Å². The molecule has 2 aromatic rings. The van der Waals surface area contributed by atoms with Crippen LogP contribution < -0.4 is 24.3 Å². The van der Waals surface area contributed by atoms with Gasteiger partial charge in [0.25, 0.3) is 0 Å². The fourth-order valence-corrected chi connectivity index (χ4v) is 3.43. The molecule has 1 aliphatic heterocycles. The van der Waals surface area contributed by atoms with Crippen molar-refractivity contribution in [3.8, 4) is 23.0 Å². The van der Waals surface area contributed by atoms with Crippen LogP contribution in [0.1, 0.15) is 36.6 Å². The summed E-state index contributed by atoms with van der Waals surface area (Å²) in [6.45, 7) is 6.11. The van der Waals surface area contributed by atoms with Crippen molar-refractivity contribution in [1.29, 1.82) is 0 Å². The van der Waals surface area contributed by atoms with Crippen molar-refractivity contribution in [3.63, 3.8) is 0 Å². The van der Waals surface area contributed by atoms with Gasteiger partial charge in [0.1, 0.15) is 0 Å². The Morgan fingerprint density at radius 3 is 2.23 bits per heavy atom. The molecule has 140 valence electrons. The largest absolute Gasteiger partial charge is 0.493 e. The minimum atomic E-state index is 0.0773. The van der Waals surface area contributed by atoms with Gasteiger partial charge in [-0.1, -0.05) is 6.07 Å².